The fraction of sp³-hybridized carbons (Fsp3) is 0.606. The van der Waals surface area contributed by atoms with Crippen molar-refractivity contribution >= 4 is 5.97 Å². The normalized spacial score (nSPS) is 24.6. The number of aryl methyl sites for hydroxylation is 1. The number of nitrogens with zero attached hydrogens (tertiary/aromatic N) is 2. The molecule has 3 fully saturated rings. The van der Waals surface area contributed by atoms with Crippen LogP contribution in [0, 0.1) is 30.5 Å². The Morgan fingerprint density at radius 1 is 1.03 bits per heavy atom. The molecule has 5 rings (SSSR count). The molecule has 5 nitrogen and oxygen atoms in total. The molecule has 2 aromatic carbocycles. The van der Waals surface area contributed by atoms with Crippen molar-refractivity contribution in [2.75, 3.05) is 39.3 Å². The second-order valence-electron chi connectivity index (χ2n) is 12.5. The van der Waals surface area contributed by atoms with Crippen LogP contribution in [0.5, 0.6) is 0 Å². The van der Waals surface area contributed by atoms with E-state index in [1.165, 1.54) is 36.1 Å². The summed E-state index contributed by atoms with van der Waals surface area (Å²) in [5.41, 5.74) is 3.63. The molecule has 0 aromatic heterocycles. The number of aliphatic carboxylic acids is 1. The fourth-order valence-electron chi connectivity index (χ4n) is 7.02. The molecule has 4 atom stereocenters. The van der Waals surface area contributed by atoms with Crippen LogP contribution < -0.4 is 0 Å². The Morgan fingerprint density at radius 2 is 1.77 bits per heavy atom. The molecule has 6 heteroatoms. The van der Waals surface area contributed by atoms with Crippen LogP contribution in [0.4, 0.5) is 4.39 Å². The lowest BCUT2D eigenvalue weighted by Gasteiger charge is -2.35. The maximum absolute atomic E-state index is 13.3. The Balaban J connectivity index is 1.17. The summed E-state index contributed by atoms with van der Waals surface area (Å²) in [6.07, 6.45) is 7.48. The Kier molecular flexibility index (Phi) is 9.36. The number of benzene rings is 2. The Bertz CT molecular complexity index is 1080. The van der Waals surface area contributed by atoms with E-state index in [0.29, 0.717) is 23.7 Å². The molecule has 0 amide bonds. The molecule has 3 aliphatic rings. The van der Waals surface area contributed by atoms with E-state index in [1.54, 1.807) is 12.1 Å². The SMILES string of the molecule is Cc1cccc([C@H]2CN([C@H](CC3CC3)C(=O)O)C[C@@H]2CN2CCC(CCC(CO)c3ccc(F)cc3)CC2)c1. The van der Waals surface area contributed by atoms with Crippen molar-refractivity contribution in [3.8, 4) is 0 Å². The van der Waals surface area contributed by atoms with Gasteiger partial charge in [0.2, 0.25) is 0 Å². The Hall–Kier alpha value is -2.28. The molecule has 2 saturated heterocycles. The van der Waals surface area contributed by atoms with Gasteiger partial charge in [0.15, 0.2) is 0 Å². The van der Waals surface area contributed by atoms with E-state index >= 15 is 0 Å². The van der Waals surface area contributed by atoms with Gasteiger partial charge in [0.25, 0.3) is 0 Å². The van der Waals surface area contributed by atoms with E-state index in [2.05, 4.69) is 41.0 Å². The van der Waals surface area contributed by atoms with Crippen LogP contribution in [0.3, 0.4) is 0 Å². The van der Waals surface area contributed by atoms with Crippen LogP contribution in [-0.4, -0.2) is 71.4 Å². The van der Waals surface area contributed by atoms with E-state index in [0.717, 1.165) is 70.4 Å². The minimum Gasteiger partial charge on any atom is -0.480 e. The molecular formula is C33H45FN2O3. The largest absolute Gasteiger partial charge is 0.480 e. The van der Waals surface area contributed by atoms with Gasteiger partial charge in [-0.3, -0.25) is 9.69 Å². The van der Waals surface area contributed by atoms with Crippen molar-refractivity contribution in [3.63, 3.8) is 0 Å². The number of hydrogen-bond acceptors (Lipinski definition) is 4. The highest BCUT2D eigenvalue weighted by molar-refractivity contribution is 5.73. The van der Waals surface area contributed by atoms with Gasteiger partial charge in [-0.25, -0.2) is 4.39 Å². The van der Waals surface area contributed by atoms with Crippen LogP contribution in [0.2, 0.25) is 0 Å². The predicted octanol–water partition coefficient (Wildman–Crippen LogP) is 5.67. The quantitative estimate of drug-likeness (QED) is 0.366. The summed E-state index contributed by atoms with van der Waals surface area (Å²) in [5.74, 6) is 1.22. The topological polar surface area (TPSA) is 64.0 Å². The summed E-state index contributed by atoms with van der Waals surface area (Å²) in [6, 6.07) is 15.0. The molecule has 0 radical (unpaired) electrons. The van der Waals surface area contributed by atoms with Gasteiger partial charge in [-0.05, 0) is 93.1 Å². The number of carbonyl (C=O) groups is 1. The highest BCUT2D eigenvalue weighted by atomic mass is 19.1. The molecule has 1 aliphatic carbocycles. The second-order valence-corrected chi connectivity index (χ2v) is 12.5. The summed E-state index contributed by atoms with van der Waals surface area (Å²) in [4.78, 5) is 17.1. The molecular weight excluding hydrogens is 491 g/mol. The number of hydrogen-bond donors (Lipinski definition) is 2. The Morgan fingerprint density at radius 3 is 2.41 bits per heavy atom. The van der Waals surface area contributed by atoms with Crippen molar-refractivity contribution in [2.45, 2.75) is 69.7 Å². The second kappa shape index (κ2) is 12.9. The molecule has 39 heavy (non-hydrogen) atoms. The first-order chi connectivity index (χ1) is 18.9. The van der Waals surface area contributed by atoms with Gasteiger partial charge in [-0.15, -0.1) is 0 Å². The molecule has 1 saturated carbocycles. The molecule has 1 unspecified atom stereocenters. The van der Waals surface area contributed by atoms with Crippen LogP contribution in [0.25, 0.3) is 0 Å². The highest BCUT2D eigenvalue weighted by Gasteiger charge is 2.42. The van der Waals surface area contributed by atoms with E-state index in [4.69, 9.17) is 0 Å². The van der Waals surface area contributed by atoms with Crippen molar-refractivity contribution < 1.29 is 19.4 Å². The fourth-order valence-corrected chi connectivity index (χ4v) is 7.02. The first-order valence-electron chi connectivity index (χ1n) is 15.0. The van der Waals surface area contributed by atoms with Gasteiger partial charge >= 0.3 is 5.97 Å². The zero-order chi connectivity index (χ0) is 27.4. The zero-order valence-corrected chi connectivity index (χ0v) is 23.4. The first-order valence-corrected chi connectivity index (χ1v) is 15.0. The molecule has 212 valence electrons. The number of likely N-dealkylation sites (tertiary alicyclic amines) is 2. The number of carboxylic acids is 1. The molecule has 0 bridgehead atoms. The number of piperidine rings is 1. The van der Waals surface area contributed by atoms with Gasteiger partial charge in [0.05, 0.1) is 0 Å². The van der Waals surface area contributed by atoms with Gasteiger partial charge in [-0.1, -0.05) is 54.8 Å². The van der Waals surface area contributed by atoms with Crippen molar-refractivity contribution in [3.05, 3.63) is 71.0 Å². The van der Waals surface area contributed by atoms with Crippen molar-refractivity contribution in [1.82, 2.24) is 9.80 Å². The number of halogens is 1. The lowest BCUT2D eigenvalue weighted by atomic mass is 9.85. The average molecular weight is 537 g/mol. The number of aliphatic hydroxyl groups is 1. The predicted molar refractivity (Wildman–Crippen MR) is 152 cm³/mol. The number of rotatable bonds is 12. The van der Waals surface area contributed by atoms with Crippen LogP contribution in [0.15, 0.2) is 48.5 Å². The molecule has 2 aromatic rings. The third-order valence-electron chi connectivity index (χ3n) is 9.60. The lowest BCUT2D eigenvalue weighted by Crippen LogP contribution is -2.41. The average Bonchev–Trinajstić information content (AvgIpc) is 3.67. The van der Waals surface area contributed by atoms with Crippen LogP contribution >= 0.6 is 0 Å². The minimum atomic E-state index is -0.659. The highest BCUT2D eigenvalue weighted by Crippen LogP contribution is 2.40. The van der Waals surface area contributed by atoms with Crippen molar-refractivity contribution in [2.24, 2.45) is 17.8 Å². The van der Waals surface area contributed by atoms with Gasteiger partial charge < -0.3 is 15.1 Å². The van der Waals surface area contributed by atoms with Crippen LogP contribution in [0.1, 0.15) is 73.5 Å². The Labute approximate surface area is 233 Å². The monoisotopic (exact) mass is 536 g/mol. The maximum atomic E-state index is 13.3. The van der Waals surface area contributed by atoms with Crippen molar-refractivity contribution in [1.29, 1.82) is 0 Å². The lowest BCUT2D eigenvalue weighted by molar-refractivity contribution is -0.143. The zero-order valence-electron chi connectivity index (χ0n) is 23.4. The third-order valence-corrected chi connectivity index (χ3v) is 9.60. The standard InChI is InChI=1S/C33H45FN2O3/c1-23-3-2-4-27(17-23)31-21-36(32(33(38)39)18-25-5-6-25)20-29(31)19-35-15-13-24(14-16-35)7-8-28(22-37)26-9-11-30(34)12-10-26/h2-4,9-12,17,24-25,28-29,31-32,37H,5-8,13-16,18-22H2,1H3,(H,38,39)/t28?,29-,31+,32+/m0/s1. The number of carboxylic acid groups (broad SMARTS) is 1. The van der Waals surface area contributed by atoms with Gasteiger partial charge in [0, 0.05) is 38.1 Å². The summed E-state index contributed by atoms with van der Waals surface area (Å²) >= 11 is 0. The minimum absolute atomic E-state index is 0.0704. The van der Waals surface area contributed by atoms with E-state index in [9.17, 15) is 19.4 Å². The summed E-state index contributed by atoms with van der Waals surface area (Å²) in [7, 11) is 0. The number of aliphatic hydroxyl groups excluding tert-OH is 1. The van der Waals surface area contributed by atoms with Gasteiger partial charge in [0.1, 0.15) is 11.9 Å². The van der Waals surface area contributed by atoms with Crippen LogP contribution in [-0.2, 0) is 4.79 Å². The molecule has 2 aliphatic heterocycles. The van der Waals surface area contributed by atoms with Gasteiger partial charge in [-0.2, -0.15) is 0 Å². The smallest absolute Gasteiger partial charge is 0.320 e. The first kappa shape index (κ1) is 28.3. The molecule has 0 spiro atoms. The molecule has 2 heterocycles. The summed E-state index contributed by atoms with van der Waals surface area (Å²) < 4.78 is 13.3. The van der Waals surface area contributed by atoms with E-state index in [1.807, 2.05) is 0 Å². The third kappa shape index (κ3) is 7.47. The summed E-state index contributed by atoms with van der Waals surface area (Å²) in [6.45, 7) is 7.10. The van der Waals surface area contributed by atoms with E-state index in [-0.39, 0.29) is 24.4 Å². The summed E-state index contributed by atoms with van der Waals surface area (Å²) in [5, 5.41) is 20.0. The maximum Gasteiger partial charge on any atom is 0.320 e. The molecule has 2 N–H and O–H groups in total. The van der Waals surface area contributed by atoms with E-state index < -0.39 is 5.97 Å².